The van der Waals surface area contributed by atoms with Crippen LogP contribution in [0.15, 0.2) is 4.63 Å². The summed E-state index contributed by atoms with van der Waals surface area (Å²) < 4.78 is 4.45. The lowest BCUT2D eigenvalue weighted by atomic mass is 9.89. The fourth-order valence-electron chi connectivity index (χ4n) is 1.33. The highest BCUT2D eigenvalue weighted by atomic mass is 35.5. The molecule has 1 aliphatic rings. The third-order valence-electron chi connectivity index (χ3n) is 2.15. The second-order valence-electron chi connectivity index (χ2n) is 3.24. The first-order valence-corrected chi connectivity index (χ1v) is 4.56. The van der Waals surface area contributed by atoms with Gasteiger partial charge in [-0.05, 0) is 23.2 Å². The van der Waals surface area contributed by atoms with Crippen molar-refractivity contribution in [2.24, 2.45) is 0 Å². The van der Waals surface area contributed by atoms with Crippen LogP contribution in [0.4, 0.5) is 5.82 Å². The van der Waals surface area contributed by atoms with E-state index >= 15 is 0 Å². The number of halogens is 1. The molecule has 0 atom stereocenters. The number of hydrogen-bond acceptors (Lipinski definition) is 6. The summed E-state index contributed by atoms with van der Waals surface area (Å²) in [5.41, 5.74) is 0.202. The Labute approximate surface area is 84.7 Å². The molecule has 1 aromatic rings. The maximum absolute atomic E-state index is 9.06. The Bertz CT molecular complexity index is 347. The van der Waals surface area contributed by atoms with Gasteiger partial charge < -0.3 is 10.4 Å². The van der Waals surface area contributed by atoms with Gasteiger partial charge in [0.25, 0.3) is 0 Å². The van der Waals surface area contributed by atoms with E-state index in [1.807, 2.05) is 0 Å². The molecule has 14 heavy (non-hydrogen) atoms. The molecule has 0 amide bonds. The summed E-state index contributed by atoms with van der Waals surface area (Å²) in [6, 6.07) is 0.159. The van der Waals surface area contributed by atoms with E-state index in [1.54, 1.807) is 0 Å². The first kappa shape index (κ1) is 9.42. The minimum Gasteiger partial charge on any atom is -0.393 e. The molecule has 76 valence electrons. The summed E-state index contributed by atoms with van der Waals surface area (Å²) in [5, 5.41) is 26.1. The molecule has 0 unspecified atom stereocenters. The smallest absolute Gasteiger partial charge is 0.201 e. The molecular formula is C7H9ClN4O2. The average molecular weight is 217 g/mol. The van der Waals surface area contributed by atoms with Crippen LogP contribution in [0, 0.1) is 5.41 Å². The van der Waals surface area contributed by atoms with Gasteiger partial charge >= 0.3 is 0 Å². The van der Waals surface area contributed by atoms with E-state index in [9.17, 15) is 0 Å². The molecule has 0 aliphatic heterocycles. The normalized spacial score (nSPS) is 25.6. The summed E-state index contributed by atoms with van der Waals surface area (Å²) in [6.07, 6.45) is 1.09. The highest BCUT2D eigenvalue weighted by Gasteiger charge is 2.29. The standard InChI is InChI=1S/C7H9ClN4O2/c8-6(9)5-7(12-14-11-5)10-3-1-4(13)2-3/h3-4,9,13H,1-2H2,(H,10,12). The van der Waals surface area contributed by atoms with Crippen LogP contribution in [0.5, 0.6) is 0 Å². The van der Waals surface area contributed by atoms with Crippen molar-refractivity contribution < 1.29 is 9.74 Å². The number of anilines is 1. The van der Waals surface area contributed by atoms with Crippen molar-refractivity contribution in [2.75, 3.05) is 5.32 Å². The largest absolute Gasteiger partial charge is 0.393 e. The van der Waals surface area contributed by atoms with Gasteiger partial charge in [-0.2, -0.15) is 0 Å². The Hall–Kier alpha value is -1.14. The molecule has 3 N–H and O–H groups in total. The van der Waals surface area contributed by atoms with Crippen LogP contribution in [0.2, 0.25) is 0 Å². The molecule has 1 heterocycles. The van der Waals surface area contributed by atoms with E-state index in [0.717, 1.165) is 0 Å². The van der Waals surface area contributed by atoms with Gasteiger partial charge in [0.05, 0.1) is 6.10 Å². The maximum atomic E-state index is 9.06. The van der Waals surface area contributed by atoms with Gasteiger partial charge in [0.15, 0.2) is 10.9 Å². The van der Waals surface area contributed by atoms with Gasteiger partial charge in [-0.3, -0.25) is 5.41 Å². The second-order valence-corrected chi connectivity index (χ2v) is 3.62. The van der Waals surface area contributed by atoms with E-state index in [2.05, 4.69) is 20.3 Å². The van der Waals surface area contributed by atoms with Crippen molar-refractivity contribution >= 4 is 22.6 Å². The fourth-order valence-corrected chi connectivity index (χ4v) is 1.45. The number of aliphatic hydroxyl groups is 1. The zero-order valence-electron chi connectivity index (χ0n) is 7.20. The highest BCUT2D eigenvalue weighted by molar-refractivity contribution is 6.68. The van der Waals surface area contributed by atoms with Crippen molar-refractivity contribution in [1.82, 2.24) is 10.3 Å². The molecule has 1 aromatic heterocycles. The predicted molar refractivity (Wildman–Crippen MR) is 49.6 cm³/mol. The number of aromatic nitrogens is 2. The molecule has 6 nitrogen and oxygen atoms in total. The van der Waals surface area contributed by atoms with Crippen molar-refractivity contribution in [1.29, 1.82) is 5.41 Å². The van der Waals surface area contributed by atoms with Gasteiger partial charge in [-0.15, -0.1) is 0 Å². The molecule has 0 bridgehead atoms. The number of nitrogens with one attached hydrogen (secondary N) is 2. The van der Waals surface area contributed by atoms with Gasteiger partial charge in [0.1, 0.15) is 0 Å². The molecule has 1 aliphatic carbocycles. The van der Waals surface area contributed by atoms with Crippen molar-refractivity contribution in [3.63, 3.8) is 0 Å². The molecule has 0 saturated heterocycles. The lowest BCUT2D eigenvalue weighted by Crippen LogP contribution is -2.39. The molecule has 0 spiro atoms. The highest BCUT2D eigenvalue weighted by Crippen LogP contribution is 2.24. The van der Waals surface area contributed by atoms with Crippen molar-refractivity contribution in [2.45, 2.75) is 25.0 Å². The zero-order chi connectivity index (χ0) is 10.1. The van der Waals surface area contributed by atoms with Crippen molar-refractivity contribution in [3.8, 4) is 0 Å². The summed E-state index contributed by atoms with van der Waals surface area (Å²) in [4.78, 5) is 0. The van der Waals surface area contributed by atoms with E-state index in [-0.39, 0.29) is 23.0 Å². The van der Waals surface area contributed by atoms with E-state index in [1.165, 1.54) is 0 Å². The average Bonchev–Trinajstić information content (AvgIpc) is 2.49. The Kier molecular flexibility index (Phi) is 2.39. The Morgan fingerprint density at radius 3 is 2.86 bits per heavy atom. The van der Waals surface area contributed by atoms with E-state index in [4.69, 9.17) is 22.1 Å². The molecule has 7 heteroatoms. The number of nitrogens with zero attached hydrogens (tertiary/aromatic N) is 2. The summed E-state index contributed by atoms with van der Waals surface area (Å²) in [7, 11) is 0. The first-order valence-electron chi connectivity index (χ1n) is 4.18. The topological polar surface area (TPSA) is 95.0 Å². The maximum Gasteiger partial charge on any atom is 0.201 e. The fraction of sp³-hybridized carbons (Fsp3) is 0.571. The molecule has 1 saturated carbocycles. The summed E-state index contributed by atoms with van der Waals surface area (Å²) in [6.45, 7) is 0. The Morgan fingerprint density at radius 1 is 1.57 bits per heavy atom. The van der Waals surface area contributed by atoms with Crippen molar-refractivity contribution in [3.05, 3.63) is 5.69 Å². The lowest BCUT2D eigenvalue weighted by Gasteiger charge is -2.31. The third kappa shape index (κ3) is 1.71. The number of hydrogen-bond donors (Lipinski definition) is 3. The number of aliphatic hydroxyl groups excluding tert-OH is 1. The van der Waals surface area contributed by atoms with Crippen LogP contribution < -0.4 is 5.32 Å². The van der Waals surface area contributed by atoms with Crippen LogP contribution in [-0.4, -0.2) is 32.7 Å². The number of rotatable bonds is 3. The Balaban J connectivity index is 2.02. The molecule has 0 radical (unpaired) electrons. The minimum absolute atomic E-state index is 0.159. The Morgan fingerprint density at radius 2 is 2.29 bits per heavy atom. The van der Waals surface area contributed by atoms with Crippen LogP contribution >= 0.6 is 11.6 Å². The van der Waals surface area contributed by atoms with Gasteiger partial charge in [-0.1, -0.05) is 11.6 Å². The first-order chi connectivity index (χ1) is 6.66. The molecule has 1 fully saturated rings. The van der Waals surface area contributed by atoms with Crippen LogP contribution in [-0.2, 0) is 0 Å². The molecule has 0 aromatic carbocycles. The van der Waals surface area contributed by atoms with E-state index < -0.39 is 0 Å². The summed E-state index contributed by atoms with van der Waals surface area (Å²) >= 11 is 5.45. The predicted octanol–water partition coefficient (Wildman–Crippen LogP) is 0.569. The summed E-state index contributed by atoms with van der Waals surface area (Å²) in [5.74, 6) is 0.363. The van der Waals surface area contributed by atoms with Gasteiger partial charge in [0, 0.05) is 6.04 Å². The minimum atomic E-state index is -0.244. The van der Waals surface area contributed by atoms with E-state index in [0.29, 0.717) is 18.7 Å². The van der Waals surface area contributed by atoms with Gasteiger partial charge in [0.2, 0.25) is 5.82 Å². The zero-order valence-corrected chi connectivity index (χ0v) is 7.95. The van der Waals surface area contributed by atoms with Crippen LogP contribution in [0.1, 0.15) is 18.5 Å². The quantitative estimate of drug-likeness (QED) is 0.642. The van der Waals surface area contributed by atoms with Crippen LogP contribution in [0.25, 0.3) is 0 Å². The lowest BCUT2D eigenvalue weighted by molar-refractivity contribution is 0.0834. The molecular weight excluding hydrogens is 208 g/mol. The SMILES string of the molecule is N=C(Cl)c1nonc1NC1CC(O)C1. The monoisotopic (exact) mass is 216 g/mol. The van der Waals surface area contributed by atoms with Crippen LogP contribution in [0.3, 0.4) is 0 Å². The third-order valence-corrected chi connectivity index (χ3v) is 2.33. The molecule has 2 rings (SSSR count). The second kappa shape index (κ2) is 3.55. The van der Waals surface area contributed by atoms with Gasteiger partial charge in [-0.25, -0.2) is 4.63 Å².